The third kappa shape index (κ3) is 5.59. The second-order valence-electron chi connectivity index (χ2n) is 8.58. The molecule has 0 radical (unpaired) electrons. The van der Waals surface area contributed by atoms with Gasteiger partial charge in [0.05, 0.1) is 6.61 Å². The van der Waals surface area contributed by atoms with E-state index in [1.54, 1.807) is 12.1 Å². The Bertz CT molecular complexity index is 810. The van der Waals surface area contributed by atoms with Gasteiger partial charge >= 0.3 is 6.18 Å². The summed E-state index contributed by atoms with van der Waals surface area (Å²) in [4.78, 5) is 2.57. The van der Waals surface area contributed by atoms with E-state index in [1.807, 2.05) is 0 Å². The Kier molecular flexibility index (Phi) is 6.71. The van der Waals surface area contributed by atoms with E-state index >= 15 is 0 Å². The quantitative estimate of drug-likeness (QED) is 0.590. The zero-order valence-electron chi connectivity index (χ0n) is 17.1. The Morgan fingerprint density at radius 1 is 1.00 bits per heavy atom. The van der Waals surface area contributed by atoms with Crippen LogP contribution in [0.5, 0.6) is 11.6 Å². The smallest absolute Gasteiger partial charge is 0.422 e. The number of piperidine rings is 1. The number of fused-ring (bicyclic) bond motifs is 1. The predicted molar refractivity (Wildman–Crippen MR) is 107 cm³/mol. The van der Waals surface area contributed by atoms with Gasteiger partial charge in [0.25, 0.3) is 5.88 Å². The summed E-state index contributed by atoms with van der Waals surface area (Å²) in [6.45, 7) is 2.47. The van der Waals surface area contributed by atoms with E-state index in [-0.39, 0.29) is 11.6 Å². The van der Waals surface area contributed by atoms with Gasteiger partial charge in [-0.3, -0.25) is 0 Å². The van der Waals surface area contributed by atoms with E-state index < -0.39 is 12.8 Å². The first-order chi connectivity index (χ1) is 14.5. The molecule has 0 atom stereocenters. The Morgan fingerprint density at radius 3 is 2.50 bits per heavy atom. The maximum atomic E-state index is 12.5. The zero-order valence-corrected chi connectivity index (χ0v) is 17.1. The topological polar surface area (TPSA) is 47.7 Å². The first kappa shape index (κ1) is 21.3. The SMILES string of the molecule is FC(F)(F)COc1cccc2onc(OCC3CCN(CC4CCCCC4)CC3)c12. The van der Waals surface area contributed by atoms with Crippen molar-refractivity contribution in [2.75, 3.05) is 32.8 Å². The molecule has 0 spiro atoms. The lowest BCUT2D eigenvalue weighted by Crippen LogP contribution is -2.38. The molecule has 0 unspecified atom stereocenters. The van der Waals surface area contributed by atoms with Gasteiger partial charge in [0.1, 0.15) is 11.1 Å². The molecule has 0 bridgehead atoms. The van der Waals surface area contributed by atoms with Gasteiger partial charge < -0.3 is 18.9 Å². The van der Waals surface area contributed by atoms with Gasteiger partial charge in [-0.05, 0) is 67.9 Å². The van der Waals surface area contributed by atoms with Crippen molar-refractivity contribution in [1.82, 2.24) is 10.1 Å². The summed E-state index contributed by atoms with van der Waals surface area (Å²) in [5.74, 6) is 1.53. The minimum Gasteiger partial charge on any atom is -0.483 e. The lowest BCUT2D eigenvalue weighted by Gasteiger charge is -2.35. The third-order valence-corrected chi connectivity index (χ3v) is 6.22. The monoisotopic (exact) mass is 426 g/mol. The van der Waals surface area contributed by atoms with Gasteiger partial charge in [0, 0.05) is 6.54 Å². The molecule has 2 aromatic rings. The molecule has 2 fully saturated rings. The average molecular weight is 426 g/mol. The van der Waals surface area contributed by atoms with Crippen LogP contribution in [0.15, 0.2) is 22.7 Å². The van der Waals surface area contributed by atoms with Crippen LogP contribution in [0, 0.1) is 11.8 Å². The summed E-state index contributed by atoms with van der Waals surface area (Å²) < 4.78 is 53.7. The fourth-order valence-electron chi connectivity index (χ4n) is 4.58. The van der Waals surface area contributed by atoms with Crippen molar-refractivity contribution >= 4 is 11.0 Å². The molecule has 5 nitrogen and oxygen atoms in total. The number of alkyl halides is 3. The predicted octanol–water partition coefficient (Wildman–Crippen LogP) is 5.44. The molecule has 1 saturated heterocycles. The number of aromatic nitrogens is 1. The van der Waals surface area contributed by atoms with E-state index in [0.717, 1.165) is 31.8 Å². The second-order valence-corrected chi connectivity index (χ2v) is 8.58. The highest BCUT2D eigenvalue weighted by atomic mass is 19.4. The van der Waals surface area contributed by atoms with E-state index in [1.165, 1.54) is 44.7 Å². The average Bonchev–Trinajstić information content (AvgIpc) is 3.16. The number of nitrogens with zero attached hydrogens (tertiary/aromatic N) is 2. The fraction of sp³-hybridized carbons (Fsp3) is 0.682. The van der Waals surface area contributed by atoms with Crippen LogP contribution in [-0.2, 0) is 0 Å². The number of likely N-dealkylation sites (tertiary alicyclic amines) is 1. The molecule has 4 rings (SSSR count). The molecule has 1 aliphatic carbocycles. The number of halogens is 3. The maximum absolute atomic E-state index is 12.5. The van der Waals surface area contributed by atoms with Gasteiger partial charge in [-0.2, -0.15) is 13.2 Å². The van der Waals surface area contributed by atoms with Crippen molar-refractivity contribution in [3.05, 3.63) is 18.2 Å². The van der Waals surface area contributed by atoms with Crippen LogP contribution in [0.4, 0.5) is 13.2 Å². The van der Waals surface area contributed by atoms with Crippen LogP contribution in [0.25, 0.3) is 11.0 Å². The lowest BCUT2D eigenvalue weighted by molar-refractivity contribution is -0.153. The molecule has 1 aromatic carbocycles. The fourth-order valence-corrected chi connectivity index (χ4v) is 4.58. The van der Waals surface area contributed by atoms with E-state index in [0.29, 0.717) is 23.5 Å². The highest BCUT2D eigenvalue weighted by Crippen LogP contribution is 2.35. The molecular weight excluding hydrogens is 397 g/mol. The molecule has 166 valence electrons. The van der Waals surface area contributed by atoms with Crippen molar-refractivity contribution in [3.63, 3.8) is 0 Å². The summed E-state index contributed by atoms with van der Waals surface area (Å²) in [7, 11) is 0. The Balaban J connectivity index is 1.30. The molecule has 2 heterocycles. The first-order valence-electron chi connectivity index (χ1n) is 10.9. The van der Waals surface area contributed by atoms with Crippen LogP contribution in [0.2, 0.25) is 0 Å². The first-order valence-corrected chi connectivity index (χ1v) is 10.9. The molecule has 0 N–H and O–H groups in total. The minimum absolute atomic E-state index is 0.0726. The van der Waals surface area contributed by atoms with Crippen molar-refractivity contribution in [3.8, 4) is 11.6 Å². The van der Waals surface area contributed by atoms with Crippen molar-refractivity contribution in [1.29, 1.82) is 0 Å². The van der Waals surface area contributed by atoms with E-state index in [2.05, 4.69) is 10.1 Å². The van der Waals surface area contributed by atoms with Crippen molar-refractivity contribution in [2.24, 2.45) is 11.8 Å². The summed E-state index contributed by atoms with van der Waals surface area (Å²) in [5.41, 5.74) is 0.354. The molecule has 1 aliphatic heterocycles. The van der Waals surface area contributed by atoms with Crippen LogP contribution in [0.1, 0.15) is 44.9 Å². The highest BCUT2D eigenvalue weighted by Gasteiger charge is 2.29. The van der Waals surface area contributed by atoms with Gasteiger partial charge in [0.2, 0.25) is 0 Å². The number of rotatable bonds is 7. The summed E-state index contributed by atoms with van der Waals surface area (Å²) in [5, 5.41) is 4.27. The summed E-state index contributed by atoms with van der Waals surface area (Å²) >= 11 is 0. The number of benzene rings is 1. The van der Waals surface area contributed by atoms with Crippen molar-refractivity contribution < 1.29 is 27.2 Å². The molecule has 30 heavy (non-hydrogen) atoms. The standard InChI is InChI=1S/C22H29F3N2O3/c23-22(24,25)15-29-18-7-4-8-19-20(18)21(26-30-19)28-14-17-9-11-27(12-10-17)13-16-5-2-1-3-6-16/h4,7-8,16-17H,1-3,5-6,9-15H2. The third-order valence-electron chi connectivity index (χ3n) is 6.22. The summed E-state index contributed by atoms with van der Waals surface area (Å²) in [6.07, 6.45) is 4.55. The Morgan fingerprint density at radius 2 is 1.77 bits per heavy atom. The van der Waals surface area contributed by atoms with Crippen LogP contribution < -0.4 is 9.47 Å². The van der Waals surface area contributed by atoms with Crippen molar-refractivity contribution in [2.45, 2.75) is 51.1 Å². The normalized spacial score (nSPS) is 20.0. The molecule has 1 aromatic heterocycles. The van der Waals surface area contributed by atoms with Crippen LogP contribution >= 0.6 is 0 Å². The highest BCUT2D eigenvalue weighted by molar-refractivity contribution is 5.88. The van der Waals surface area contributed by atoms with Gasteiger partial charge in [-0.1, -0.05) is 25.3 Å². The van der Waals surface area contributed by atoms with Crippen LogP contribution in [-0.4, -0.2) is 49.1 Å². The zero-order chi connectivity index (χ0) is 21.0. The minimum atomic E-state index is -4.41. The van der Waals surface area contributed by atoms with Gasteiger partial charge in [-0.25, -0.2) is 0 Å². The van der Waals surface area contributed by atoms with E-state index in [9.17, 15) is 13.2 Å². The van der Waals surface area contributed by atoms with Gasteiger partial charge in [0.15, 0.2) is 12.2 Å². The molecule has 8 heteroatoms. The molecule has 1 saturated carbocycles. The van der Waals surface area contributed by atoms with E-state index in [4.69, 9.17) is 14.0 Å². The Labute approximate surface area is 174 Å². The number of ether oxygens (including phenoxy) is 2. The number of hydrogen-bond acceptors (Lipinski definition) is 5. The van der Waals surface area contributed by atoms with Crippen LogP contribution in [0.3, 0.4) is 0 Å². The Hall–Kier alpha value is -1.96. The van der Waals surface area contributed by atoms with Gasteiger partial charge in [-0.15, -0.1) is 0 Å². The summed E-state index contributed by atoms with van der Waals surface area (Å²) in [6, 6.07) is 4.69. The lowest BCUT2D eigenvalue weighted by atomic mass is 9.88. The molecular formula is C22H29F3N2O3. The maximum Gasteiger partial charge on any atom is 0.422 e. The molecule has 0 amide bonds. The number of hydrogen-bond donors (Lipinski definition) is 0. The largest absolute Gasteiger partial charge is 0.483 e. The second kappa shape index (κ2) is 9.45. The molecule has 2 aliphatic rings.